The van der Waals surface area contributed by atoms with Gasteiger partial charge in [-0.25, -0.2) is 8.42 Å². The van der Waals surface area contributed by atoms with Gasteiger partial charge in [0.2, 0.25) is 10.0 Å². The van der Waals surface area contributed by atoms with Crippen LogP contribution in [0, 0.1) is 6.92 Å². The Morgan fingerprint density at radius 2 is 2.00 bits per heavy atom. The highest BCUT2D eigenvalue weighted by molar-refractivity contribution is 7.92. The lowest BCUT2D eigenvalue weighted by molar-refractivity contribution is 0.600. The second kappa shape index (κ2) is 4.20. The highest BCUT2D eigenvalue weighted by Crippen LogP contribution is 2.22. The van der Waals surface area contributed by atoms with Crippen LogP contribution < -0.4 is 10.0 Å². The molecule has 4 nitrogen and oxygen atoms in total. The van der Waals surface area contributed by atoms with Gasteiger partial charge in [0.05, 0.1) is 11.9 Å². The first-order valence-corrected chi connectivity index (χ1v) is 6.44. The topological polar surface area (TPSA) is 63.4 Å². The minimum atomic E-state index is -3.22. The van der Waals surface area contributed by atoms with Gasteiger partial charge in [0.25, 0.3) is 0 Å². The van der Waals surface area contributed by atoms with Crippen LogP contribution in [-0.4, -0.2) is 21.7 Å². The van der Waals surface area contributed by atoms with E-state index in [1.165, 1.54) is 17.6 Å². The van der Waals surface area contributed by atoms with Crippen molar-refractivity contribution in [2.45, 2.75) is 13.5 Å². The number of nitrogens with two attached hydrogens (primary N) is 1. The molecule has 0 aliphatic rings. The molecule has 15 heavy (non-hydrogen) atoms. The van der Waals surface area contributed by atoms with Gasteiger partial charge in [-0.3, -0.25) is 4.31 Å². The fraction of sp³-hybridized carbons (Fsp3) is 0.400. The normalized spacial score (nSPS) is 11.5. The van der Waals surface area contributed by atoms with E-state index in [1.54, 1.807) is 6.07 Å². The number of rotatable bonds is 3. The van der Waals surface area contributed by atoms with Gasteiger partial charge in [-0.1, -0.05) is 17.7 Å². The maximum absolute atomic E-state index is 11.4. The number of hydrogen-bond acceptors (Lipinski definition) is 3. The third kappa shape index (κ3) is 2.70. The van der Waals surface area contributed by atoms with E-state index in [-0.39, 0.29) is 0 Å². The monoisotopic (exact) mass is 228 g/mol. The standard InChI is InChI=1S/C10H16N2O2S/c1-8-4-5-10(9(6-8)7-11)12(2)15(3,13)14/h4-6H,7,11H2,1-3H3. The lowest BCUT2D eigenvalue weighted by Crippen LogP contribution is -2.26. The molecule has 0 spiro atoms. The minimum Gasteiger partial charge on any atom is -0.326 e. The maximum Gasteiger partial charge on any atom is 0.232 e. The molecule has 0 radical (unpaired) electrons. The first-order valence-electron chi connectivity index (χ1n) is 4.59. The number of aryl methyl sites for hydroxylation is 1. The van der Waals surface area contributed by atoms with Crippen molar-refractivity contribution in [2.75, 3.05) is 17.6 Å². The fourth-order valence-electron chi connectivity index (χ4n) is 1.36. The van der Waals surface area contributed by atoms with Crippen LogP contribution in [0.2, 0.25) is 0 Å². The van der Waals surface area contributed by atoms with E-state index in [4.69, 9.17) is 5.73 Å². The van der Waals surface area contributed by atoms with Gasteiger partial charge in [0.1, 0.15) is 0 Å². The third-order valence-corrected chi connectivity index (χ3v) is 3.48. The molecule has 0 atom stereocenters. The highest BCUT2D eigenvalue weighted by atomic mass is 32.2. The van der Waals surface area contributed by atoms with Crippen LogP contribution in [0.25, 0.3) is 0 Å². The Balaban J connectivity index is 3.26. The second-order valence-electron chi connectivity index (χ2n) is 3.57. The molecule has 0 aliphatic heterocycles. The lowest BCUT2D eigenvalue weighted by atomic mass is 10.1. The van der Waals surface area contributed by atoms with Crippen LogP contribution in [0.3, 0.4) is 0 Å². The van der Waals surface area contributed by atoms with Gasteiger partial charge in [-0.15, -0.1) is 0 Å². The van der Waals surface area contributed by atoms with Gasteiger partial charge in [-0.05, 0) is 18.6 Å². The highest BCUT2D eigenvalue weighted by Gasteiger charge is 2.14. The van der Waals surface area contributed by atoms with Crippen molar-refractivity contribution in [2.24, 2.45) is 5.73 Å². The van der Waals surface area contributed by atoms with Gasteiger partial charge in [-0.2, -0.15) is 0 Å². The quantitative estimate of drug-likeness (QED) is 0.834. The average Bonchev–Trinajstić information content (AvgIpc) is 2.15. The molecule has 0 amide bonds. The summed E-state index contributed by atoms with van der Waals surface area (Å²) < 4.78 is 24.0. The van der Waals surface area contributed by atoms with E-state index in [9.17, 15) is 8.42 Å². The van der Waals surface area contributed by atoms with Crippen molar-refractivity contribution < 1.29 is 8.42 Å². The molecule has 84 valence electrons. The van der Waals surface area contributed by atoms with E-state index in [0.717, 1.165) is 11.1 Å². The summed E-state index contributed by atoms with van der Waals surface area (Å²) in [5.41, 5.74) is 8.13. The molecule has 1 rings (SSSR count). The maximum atomic E-state index is 11.4. The van der Waals surface area contributed by atoms with Gasteiger partial charge in [0.15, 0.2) is 0 Å². The molecule has 0 heterocycles. The smallest absolute Gasteiger partial charge is 0.232 e. The summed E-state index contributed by atoms with van der Waals surface area (Å²) in [7, 11) is -1.70. The molecule has 0 saturated carbocycles. The molecule has 1 aromatic carbocycles. The zero-order valence-electron chi connectivity index (χ0n) is 9.19. The molecule has 1 aromatic rings. The van der Waals surface area contributed by atoms with Crippen molar-refractivity contribution in [3.05, 3.63) is 29.3 Å². The zero-order valence-corrected chi connectivity index (χ0v) is 10.0. The van der Waals surface area contributed by atoms with Gasteiger partial charge >= 0.3 is 0 Å². The largest absolute Gasteiger partial charge is 0.326 e. The first kappa shape index (κ1) is 12.0. The Morgan fingerprint density at radius 3 is 2.47 bits per heavy atom. The minimum absolute atomic E-state index is 0.330. The summed E-state index contributed by atoms with van der Waals surface area (Å²) in [6.45, 7) is 2.28. The van der Waals surface area contributed by atoms with Crippen LogP contribution in [0.15, 0.2) is 18.2 Å². The molecule has 0 fully saturated rings. The number of benzene rings is 1. The molecule has 0 aromatic heterocycles. The SMILES string of the molecule is Cc1ccc(N(C)S(C)(=O)=O)c(CN)c1. The van der Waals surface area contributed by atoms with Gasteiger partial charge < -0.3 is 5.73 Å². The second-order valence-corrected chi connectivity index (χ2v) is 5.58. The first-order chi connectivity index (χ1) is 6.86. The summed E-state index contributed by atoms with van der Waals surface area (Å²) in [5, 5.41) is 0. The van der Waals surface area contributed by atoms with Crippen LogP contribution in [0.4, 0.5) is 5.69 Å². The number of nitrogens with zero attached hydrogens (tertiary/aromatic N) is 1. The molecular formula is C10H16N2O2S. The summed E-state index contributed by atoms with van der Waals surface area (Å²) in [6, 6.07) is 5.55. The summed E-state index contributed by atoms with van der Waals surface area (Å²) in [5.74, 6) is 0. The molecule has 0 aliphatic carbocycles. The zero-order chi connectivity index (χ0) is 11.6. The number of hydrogen-bond donors (Lipinski definition) is 1. The van der Waals surface area contributed by atoms with E-state index in [2.05, 4.69) is 0 Å². The Hall–Kier alpha value is -1.07. The summed E-state index contributed by atoms with van der Waals surface area (Å²) in [6.07, 6.45) is 1.17. The third-order valence-electron chi connectivity index (χ3n) is 2.29. The predicted octanol–water partition coefficient (Wildman–Crippen LogP) is 0.850. The van der Waals surface area contributed by atoms with Crippen molar-refractivity contribution in [3.8, 4) is 0 Å². The van der Waals surface area contributed by atoms with E-state index in [1.807, 2.05) is 19.1 Å². The van der Waals surface area contributed by atoms with E-state index >= 15 is 0 Å². The van der Waals surface area contributed by atoms with Crippen molar-refractivity contribution in [1.82, 2.24) is 0 Å². The van der Waals surface area contributed by atoms with Crippen molar-refractivity contribution >= 4 is 15.7 Å². The summed E-state index contributed by atoms with van der Waals surface area (Å²) in [4.78, 5) is 0. The molecule has 0 bridgehead atoms. The molecule has 2 N–H and O–H groups in total. The Labute approximate surface area is 90.8 Å². The molecular weight excluding hydrogens is 212 g/mol. The number of anilines is 1. The van der Waals surface area contributed by atoms with Crippen molar-refractivity contribution in [3.63, 3.8) is 0 Å². The summed E-state index contributed by atoms with van der Waals surface area (Å²) >= 11 is 0. The number of sulfonamides is 1. The molecule has 0 saturated heterocycles. The Kier molecular flexibility index (Phi) is 3.36. The van der Waals surface area contributed by atoms with Gasteiger partial charge in [0, 0.05) is 13.6 Å². The van der Waals surface area contributed by atoms with E-state index < -0.39 is 10.0 Å². The average molecular weight is 228 g/mol. The lowest BCUT2D eigenvalue weighted by Gasteiger charge is -2.20. The van der Waals surface area contributed by atoms with Crippen LogP contribution >= 0.6 is 0 Å². The predicted molar refractivity (Wildman–Crippen MR) is 62.3 cm³/mol. The van der Waals surface area contributed by atoms with Crippen LogP contribution in [0.1, 0.15) is 11.1 Å². The Morgan fingerprint density at radius 1 is 1.40 bits per heavy atom. The van der Waals surface area contributed by atoms with Crippen LogP contribution in [0.5, 0.6) is 0 Å². The Bertz CT molecular complexity index is 454. The van der Waals surface area contributed by atoms with E-state index in [0.29, 0.717) is 12.2 Å². The molecule has 5 heteroatoms. The molecule has 0 unspecified atom stereocenters. The van der Waals surface area contributed by atoms with Crippen LogP contribution in [-0.2, 0) is 16.6 Å². The van der Waals surface area contributed by atoms with Crippen molar-refractivity contribution in [1.29, 1.82) is 0 Å². The fourth-order valence-corrected chi connectivity index (χ4v) is 1.90.